The molecular weight excluding hydrogens is 434 g/mol. The largest absolute Gasteiger partial charge is 0.478 e. The molecular formula is C26H29N3O5. The summed E-state index contributed by atoms with van der Waals surface area (Å²) in [5.41, 5.74) is 4.83. The normalized spacial score (nSPS) is 15.9. The molecule has 34 heavy (non-hydrogen) atoms. The molecule has 178 valence electrons. The number of carbonyl (C=O) groups excluding carboxylic acids is 2. The highest BCUT2D eigenvalue weighted by Crippen LogP contribution is 2.44. The molecule has 2 N–H and O–H groups in total. The number of amides is 2. The summed E-state index contributed by atoms with van der Waals surface area (Å²) in [6.07, 6.45) is 1.17. The van der Waals surface area contributed by atoms with E-state index in [4.69, 9.17) is 9.84 Å². The zero-order chi connectivity index (χ0) is 24.2. The van der Waals surface area contributed by atoms with Crippen LogP contribution < -0.4 is 5.32 Å². The average molecular weight is 464 g/mol. The first kappa shape index (κ1) is 23.5. The summed E-state index contributed by atoms with van der Waals surface area (Å²) in [7, 11) is 3.64. The standard InChI is InChI=1S/C26H29N3O5/c1-28(2)15-23(24(30)29-13-11-17(12-14-29)25(31)32)27-26(33)34-16-22-20-9-5-3-7-18(20)19-8-4-6-10-21(19)22/h3-11,22-23H,12-16H2,1-2H3,(H,27,33)(H,31,32)/t23-/m0/s1. The van der Waals surface area contributed by atoms with E-state index in [9.17, 15) is 14.4 Å². The molecule has 1 aliphatic carbocycles. The number of carboxylic acids is 1. The van der Waals surface area contributed by atoms with Gasteiger partial charge in [0, 0.05) is 31.1 Å². The van der Waals surface area contributed by atoms with Gasteiger partial charge in [-0.1, -0.05) is 54.6 Å². The van der Waals surface area contributed by atoms with Gasteiger partial charge in [-0.05, 0) is 42.8 Å². The molecule has 8 nitrogen and oxygen atoms in total. The molecule has 2 amide bonds. The Morgan fingerprint density at radius 1 is 1.09 bits per heavy atom. The van der Waals surface area contributed by atoms with E-state index in [0.717, 1.165) is 22.3 Å². The van der Waals surface area contributed by atoms with Gasteiger partial charge in [0.05, 0.1) is 0 Å². The van der Waals surface area contributed by atoms with Gasteiger partial charge in [-0.2, -0.15) is 0 Å². The maximum Gasteiger partial charge on any atom is 0.407 e. The molecule has 0 unspecified atom stereocenters. The van der Waals surface area contributed by atoms with E-state index in [-0.39, 0.29) is 31.4 Å². The number of fused-ring (bicyclic) bond motifs is 3. The molecule has 1 heterocycles. The fourth-order valence-electron chi connectivity index (χ4n) is 4.62. The first-order valence-corrected chi connectivity index (χ1v) is 11.3. The van der Waals surface area contributed by atoms with Gasteiger partial charge in [0.25, 0.3) is 0 Å². The summed E-state index contributed by atoms with van der Waals surface area (Å²) in [4.78, 5) is 40.3. The molecule has 0 fully saturated rings. The van der Waals surface area contributed by atoms with Gasteiger partial charge in [0.15, 0.2) is 0 Å². The number of nitrogens with one attached hydrogen (secondary N) is 1. The van der Waals surface area contributed by atoms with Crippen molar-refractivity contribution in [3.05, 3.63) is 71.3 Å². The lowest BCUT2D eigenvalue weighted by Gasteiger charge is -2.30. The third kappa shape index (κ3) is 4.97. The highest BCUT2D eigenvalue weighted by atomic mass is 16.5. The number of ether oxygens (including phenoxy) is 1. The highest BCUT2D eigenvalue weighted by molar-refractivity contribution is 5.89. The van der Waals surface area contributed by atoms with Crippen molar-refractivity contribution in [3.63, 3.8) is 0 Å². The van der Waals surface area contributed by atoms with Crippen LogP contribution in [-0.2, 0) is 14.3 Å². The Labute approximate surface area is 198 Å². The van der Waals surface area contributed by atoms with Crippen molar-refractivity contribution in [1.82, 2.24) is 15.1 Å². The zero-order valence-electron chi connectivity index (χ0n) is 19.4. The van der Waals surface area contributed by atoms with Crippen molar-refractivity contribution in [3.8, 4) is 11.1 Å². The van der Waals surface area contributed by atoms with E-state index in [2.05, 4.69) is 29.6 Å². The molecule has 1 atom stereocenters. The number of hydrogen-bond acceptors (Lipinski definition) is 5. The second-order valence-electron chi connectivity index (χ2n) is 8.85. The number of aliphatic carboxylic acids is 1. The molecule has 4 rings (SSSR count). The molecule has 0 saturated carbocycles. The number of rotatable bonds is 7. The van der Waals surface area contributed by atoms with Crippen molar-refractivity contribution in [2.45, 2.75) is 18.4 Å². The minimum atomic E-state index is -0.964. The number of carboxylic acid groups (broad SMARTS) is 1. The van der Waals surface area contributed by atoms with Crippen LogP contribution in [-0.4, -0.2) is 79.3 Å². The molecule has 2 aliphatic rings. The summed E-state index contributed by atoms with van der Waals surface area (Å²) in [6.45, 7) is 0.968. The first-order chi connectivity index (χ1) is 16.3. The van der Waals surface area contributed by atoms with Crippen molar-refractivity contribution in [1.29, 1.82) is 0 Å². The predicted molar refractivity (Wildman–Crippen MR) is 127 cm³/mol. The van der Waals surface area contributed by atoms with Gasteiger partial charge in [-0.25, -0.2) is 9.59 Å². The number of alkyl carbamates (subject to hydrolysis) is 1. The van der Waals surface area contributed by atoms with Crippen LogP contribution in [0.2, 0.25) is 0 Å². The number of nitrogens with zero attached hydrogens (tertiary/aromatic N) is 2. The summed E-state index contributed by atoms with van der Waals surface area (Å²) < 4.78 is 5.61. The number of carbonyl (C=O) groups is 3. The smallest absolute Gasteiger partial charge is 0.407 e. The summed E-state index contributed by atoms with van der Waals surface area (Å²) in [5.74, 6) is -1.29. The van der Waals surface area contributed by atoms with Gasteiger partial charge in [0.1, 0.15) is 12.6 Å². The molecule has 8 heteroatoms. The second-order valence-corrected chi connectivity index (χ2v) is 8.85. The lowest BCUT2D eigenvalue weighted by Crippen LogP contribution is -2.54. The number of benzene rings is 2. The SMILES string of the molecule is CN(C)C[C@H](NC(=O)OCC1c2ccccc2-c2ccccc21)C(=O)N1CC=C(C(=O)O)CC1. The topological polar surface area (TPSA) is 99.2 Å². The summed E-state index contributed by atoms with van der Waals surface area (Å²) >= 11 is 0. The Bertz CT molecular complexity index is 1080. The maximum absolute atomic E-state index is 13.1. The van der Waals surface area contributed by atoms with E-state index < -0.39 is 18.1 Å². The molecule has 0 bridgehead atoms. The van der Waals surface area contributed by atoms with Gasteiger partial charge >= 0.3 is 12.1 Å². The van der Waals surface area contributed by atoms with Crippen LogP contribution in [0.5, 0.6) is 0 Å². The third-order valence-corrected chi connectivity index (χ3v) is 6.28. The van der Waals surface area contributed by atoms with E-state index in [1.165, 1.54) is 0 Å². The minimum absolute atomic E-state index is 0.0668. The first-order valence-electron chi connectivity index (χ1n) is 11.3. The fraction of sp³-hybridized carbons (Fsp3) is 0.346. The summed E-state index contributed by atoms with van der Waals surface area (Å²) in [6, 6.07) is 15.4. The highest BCUT2D eigenvalue weighted by Gasteiger charge is 2.31. The predicted octanol–water partition coefficient (Wildman–Crippen LogP) is 2.70. The molecule has 1 aliphatic heterocycles. The molecule has 0 spiro atoms. The maximum atomic E-state index is 13.1. The van der Waals surface area contributed by atoms with Gasteiger partial charge in [-0.15, -0.1) is 0 Å². The molecule has 0 radical (unpaired) electrons. The quantitative estimate of drug-likeness (QED) is 0.655. The Kier molecular flexibility index (Phi) is 6.98. The van der Waals surface area contributed by atoms with Crippen LogP contribution in [0.15, 0.2) is 60.2 Å². The Hall–Kier alpha value is -3.65. The van der Waals surface area contributed by atoms with Crippen LogP contribution in [0.25, 0.3) is 11.1 Å². The second kappa shape index (κ2) is 10.1. The lowest BCUT2D eigenvalue weighted by atomic mass is 9.98. The number of likely N-dealkylation sites (N-methyl/N-ethyl adjacent to an activating group) is 1. The number of hydrogen-bond donors (Lipinski definition) is 2. The van der Waals surface area contributed by atoms with E-state index in [1.807, 2.05) is 43.3 Å². The Morgan fingerprint density at radius 2 is 1.71 bits per heavy atom. The third-order valence-electron chi connectivity index (χ3n) is 6.28. The van der Waals surface area contributed by atoms with Crippen molar-refractivity contribution >= 4 is 18.0 Å². The fourth-order valence-corrected chi connectivity index (χ4v) is 4.62. The minimum Gasteiger partial charge on any atom is -0.478 e. The van der Waals surface area contributed by atoms with Crippen LogP contribution in [0.4, 0.5) is 4.79 Å². The van der Waals surface area contributed by atoms with Gasteiger partial charge < -0.3 is 25.0 Å². The van der Waals surface area contributed by atoms with Crippen molar-refractivity contribution < 1.29 is 24.2 Å². The van der Waals surface area contributed by atoms with Crippen LogP contribution in [0.1, 0.15) is 23.5 Å². The van der Waals surface area contributed by atoms with E-state index >= 15 is 0 Å². The van der Waals surface area contributed by atoms with Crippen molar-refractivity contribution in [2.75, 3.05) is 40.3 Å². The van der Waals surface area contributed by atoms with Gasteiger partial charge in [0.2, 0.25) is 5.91 Å². The molecule has 0 saturated heterocycles. The lowest BCUT2D eigenvalue weighted by molar-refractivity contribution is -0.136. The van der Waals surface area contributed by atoms with Crippen molar-refractivity contribution in [2.24, 2.45) is 0 Å². The Balaban J connectivity index is 1.41. The average Bonchev–Trinajstić information content (AvgIpc) is 3.15. The van der Waals surface area contributed by atoms with E-state index in [1.54, 1.807) is 11.0 Å². The van der Waals surface area contributed by atoms with E-state index in [0.29, 0.717) is 18.7 Å². The molecule has 2 aromatic carbocycles. The Morgan fingerprint density at radius 3 is 2.24 bits per heavy atom. The summed E-state index contributed by atoms with van der Waals surface area (Å²) in [5, 5.41) is 11.8. The van der Waals surface area contributed by atoms with Gasteiger partial charge in [-0.3, -0.25) is 4.79 Å². The molecule has 0 aromatic heterocycles. The van der Waals surface area contributed by atoms with Crippen LogP contribution in [0.3, 0.4) is 0 Å². The van der Waals surface area contributed by atoms with Crippen LogP contribution in [0, 0.1) is 0 Å². The monoisotopic (exact) mass is 463 g/mol. The van der Waals surface area contributed by atoms with Crippen LogP contribution >= 0.6 is 0 Å². The zero-order valence-corrected chi connectivity index (χ0v) is 19.4. The molecule has 2 aromatic rings.